The number of ketones is 1. The molecule has 162 valence electrons. The number of Topliss-reactive ketones (excluding diaryl/α,β-unsaturated/α-hetero) is 1. The molecule has 0 saturated heterocycles. The number of benzene rings is 1. The van der Waals surface area contributed by atoms with Gasteiger partial charge in [0.15, 0.2) is 5.78 Å². The number of aliphatic imine (C=N–C) groups is 1. The molecule has 33 heavy (non-hydrogen) atoms. The Morgan fingerprint density at radius 3 is 2.33 bits per heavy atom. The molecular formula is C23H22N2Na2O6. The van der Waals surface area contributed by atoms with Gasteiger partial charge in [-0.2, -0.15) is 4.99 Å². The van der Waals surface area contributed by atoms with Gasteiger partial charge in [-0.15, -0.1) is 0 Å². The van der Waals surface area contributed by atoms with Gasteiger partial charge in [-0.05, 0) is 48.8 Å². The van der Waals surface area contributed by atoms with Crippen LogP contribution in [0, 0.1) is 5.92 Å². The number of carbonyl (C=O) groups excluding carboxylic acids is 4. The zero-order valence-electron chi connectivity index (χ0n) is 18.9. The molecule has 0 fully saturated rings. The minimum atomic E-state index is -1.45. The Hall–Kier alpha value is -1.55. The van der Waals surface area contributed by atoms with Gasteiger partial charge in [0.1, 0.15) is 5.84 Å². The monoisotopic (exact) mass is 468 g/mol. The van der Waals surface area contributed by atoms with E-state index in [0.29, 0.717) is 42.7 Å². The molecule has 0 aromatic heterocycles. The number of rotatable bonds is 10. The Labute approximate surface area is 236 Å². The van der Waals surface area contributed by atoms with Crippen LogP contribution in [-0.4, -0.2) is 29.5 Å². The third-order valence-electron chi connectivity index (χ3n) is 5.54. The van der Waals surface area contributed by atoms with Crippen LogP contribution in [0.3, 0.4) is 0 Å². The van der Waals surface area contributed by atoms with Crippen LogP contribution in [0.4, 0.5) is 0 Å². The minimum Gasteiger partial charge on any atom is -0.550 e. The van der Waals surface area contributed by atoms with Gasteiger partial charge in [0.2, 0.25) is 0 Å². The molecule has 1 aromatic carbocycles. The number of nitrogens with zero attached hydrogens (tertiary/aromatic N) is 1. The number of amides is 1. The predicted octanol–water partition coefficient (Wildman–Crippen LogP) is -5.99. The quantitative estimate of drug-likeness (QED) is 0.265. The molecule has 1 aliphatic heterocycles. The van der Waals surface area contributed by atoms with Crippen molar-refractivity contribution in [3.63, 3.8) is 0 Å². The number of amidine groups is 1. The number of aryl methyl sites for hydroxylation is 1. The summed E-state index contributed by atoms with van der Waals surface area (Å²) in [5.74, 6) is -4.33. The summed E-state index contributed by atoms with van der Waals surface area (Å²) in [6, 6.07) is 6.80. The van der Waals surface area contributed by atoms with Gasteiger partial charge in [-0.3, -0.25) is 9.59 Å². The number of carboxylic acids is 2. The first kappa shape index (κ1) is 29.5. The summed E-state index contributed by atoms with van der Waals surface area (Å²) in [5.41, 5.74) is 9.64. The smallest absolute Gasteiger partial charge is 0.550 e. The molecule has 0 bridgehead atoms. The summed E-state index contributed by atoms with van der Waals surface area (Å²) in [6.07, 6.45) is 3.59. The molecule has 0 saturated carbocycles. The molecule has 1 aliphatic carbocycles. The maximum Gasteiger partial charge on any atom is 1.00 e. The molecule has 0 radical (unpaired) electrons. The van der Waals surface area contributed by atoms with Crippen LogP contribution in [-0.2, 0) is 20.8 Å². The van der Waals surface area contributed by atoms with E-state index in [1.54, 1.807) is 24.3 Å². The Kier molecular flexibility index (Phi) is 11.9. The van der Waals surface area contributed by atoms with Crippen molar-refractivity contribution in [1.82, 2.24) is 0 Å². The summed E-state index contributed by atoms with van der Waals surface area (Å²) in [6.45, 7) is 0. The van der Waals surface area contributed by atoms with E-state index in [1.807, 2.05) is 6.08 Å². The fourth-order valence-electron chi connectivity index (χ4n) is 3.87. The normalized spacial score (nSPS) is 15.5. The van der Waals surface area contributed by atoms with Gasteiger partial charge in [-0.25, -0.2) is 0 Å². The van der Waals surface area contributed by atoms with Crippen molar-refractivity contribution >= 4 is 29.5 Å². The van der Waals surface area contributed by atoms with Crippen LogP contribution in [0.5, 0.6) is 0 Å². The zero-order valence-corrected chi connectivity index (χ0v) is 22.9. The fourth-order valence-corrected chi connectivity index (χ4v) is 3.87. The van der Waals surface area contributed by atoms with E-state index in [9.17, 15) is 29.4 Å². The predicted molar refractivity (Wildman–Crippen MR) is 107 cm³/mol. The average molecular weight is 468 g/mol. The van der Waals surface area contributed by atoms with Crippen molar-refractivity contribution in [2.75, 3.05) is 0 Å². The van der Waals surface area contributed by atoms with Crippen LogP contribution < -0.4 is 75.1 Å². The number of aliphatic carboxylic acids is 2. The van der Waals surface area contributed by atoms with E-state index in [2.05, 4.69) is 4.99 Å². The maximum absolute atomic E-state index is 12.4. The number of dihydropyridines is 1. The van der Waals surface area contributed by atoms with E-state index >= 15 is 0 Å². The average Bonchev–Trinajstić information content (AvgIpc) is 3.12. The molecule has 3 rings (SSSR count). The number of hydrogen-bond donors (Lipinski definition) is 1. The van der Waals surface area contributed by atoms with Gasteiger partial charge < -0.3 is 25.5 Å². The van der Waals surface area contributed by atoms with E-state index < -0.39 is 30.1 Å². The topological polar surface area (TPSA) is 153 Å². The van der Waals surface area contributed by atoms with E-state index in [0.717, 1.165) is 16.7 Å². The first-order valence-corrected chi connectivity index (χ1v) is 10.1. The molecular weight excluding hydrogens is 446 g/mol. The largest absolute Gasteiger partial charge is 1.00 e. The molecule has 8 nitrogen and oxygen atoms in total. The standard InChI is InChI=1S/C23H24N2O6.2Na/c24-19-12-16-8-7-15(21(16)22(29)25-19)6-3-13-1-4-14(5-2-13)18(26)11-17(23(30)31)9-10-20(27)28;;/h1-2,4-5,7,17H,3,6,8-12H2,(H,27,28)(H,30,31)(H2,24,25,29);;/q;2*+1/p-2/t17-;;/m1../s1. The number of carboxylic acid groups (broad SMARTS) is 2. The Morgan fingerprint density at radius 2 is 1.73 bits per heavy atom. The fraction of sp³-hybridized carbons (Fsp3) is 0.348. The van der Waals surface area contributed by atoms with Gasteiger partial charge >= 0.3 is 59.1 Å². The van der Waals surface area contributed by atoms with Crippen LogP contribution in [0.15, 0.2) is 52.1 Å². The molecule has 1 aromatic rings. The Bertz CT molecular complexity index is 1030. The first-order chi connectivity index (χ1) is 14.7. The number of hydrogen-bond acceptors (Lipinski definition) is 7. The molecule has 1 amide bonds. The third kappa shape index (κ3) is 8.02. The summed E-state index contributed by atoms with van der Waals surface area (Å²) in [4.78, 5) is 50.1. The SMILES string of the molecule is NC1=NC(=O)C2=C(CC=C2CCc2ccc(C(=O)C[C@@H](CCC(=O)[O-])C(=O)[O-])cc2)C1.[Na+].[Na+]. The molecule has 10 heteroatoms. The van der Waals surface area contributed by atoms with Crippen molar-refractivity contribution in [2.24, 2.45) is 16.6 Å². The van der Waals surface area contributed by atoms with Crippen LogP contribution in [0.2, 0.25) is 0 Å². The third-order valence-corrected chi connectivity index (χ3v) is 5.54. The molecule has 2 aliphatic rings. The van der Waals surface area contributed by atoms with Gasteiger partial charge in [0.05, 0.1) is 0 Å². The van der Waals surface area contributed by atoms with Gasteiger partial charge in [0, 0.05) is 41.8 Å². The molecule has 0 unspecified atom stereocenters. The minimum absolute atomic E-state index is 0. The molecule has 0 spiro atoms. The molecule has 2 N–H and O–H groups in total. The number of allylic oxidation sites excluding steroid dienone is 1. The second-order valence-corrected chi connectivity index (χ2v) is 7.75. The van der Waals surface area contributed by atoms with Crippen molar-refractivity contribution in [3.8, 4) is 0 Å². The van der Waals surface area contributed by atoms with Crippen LogP contribution in [0.1, 0.15) is 54.4 Å². The second kappa shape index (κ2) is 13.4. The zero-order chi connectivity index (χ0) is 22.5. The van der Waals surface area contributed by atoms with Crippen molar-refractivity contribution < 1.29 is 88.5 Å². The summed E-state index contributed by atoms with van der Waals surface area (Å²) >= 11 is 0. The van der Waals surface area contributed by atoms with Crippen molar-refractivity contribution in [1.29, 1.82) is 0 Å². The van der Waals surface area contributed by atoms with E-state index in [-0.39, 0.29) is 77.9 Å². The summed E-state index contributed by atoms with van der Waals surface area (Å²) < 4.78 is 0. The maximum atomic E-state index is 12.4. The van der Waals surface area contributed by atoms with E-state index in [1.165, 1.54) is 0 Å². The number of nitrogens with two attached hydrogens (primary N) is 1. The Morgan fingerprint density at radius 1 is 1.06 bits per heavy atom. The summed E-state index contributed by atoms with van der Waals surface area (Å²) in [5, 5.41) is 21.7. The van der Waals surface area contributed by atoms with Crippen LogP contribution >= 0.6 is 0 Å². The Balaban J connectivity index is 0.00000272. The van der Waals surface area contributed by atoms with Crippen LogP contribution in [0.25, 0.3) is 0 Å². The van der Waals surface area contributed by atoms with E-state index in [4.69, 9.17) is 5.73 Å². The first-order valence-electron chi connectivity index (χ1n) is 10.1. The van der Waals surface area contributed by atoms with Crippen molar-refractivity contribution in [3.05, 3.63) is 58.2 Å². The van der Waals surface area contributed by atoms with Crippen molar-refractivity contribution in [2.45, 2.75) is 44.9 Å². The second-order valence-electron chi connectivity index (χ2n) is 7.75. The molecule has 1 atom stereocenters. The number of carbonyl (C=O) groups is 4. The van der Waals surface area contributed by atoms with Gasteiger partial charge in [0.25, 0.3) is 5.91 Å². The van der Waals surface area contributed by atoms with Gasteiger partial charge in [-0.1, -0.05) is 30.3 Å². The molecule has 1 heterocycles. The summed E-state index contributed by atoms with van der Waals surface area (Å²) in [7, 11) is 0.